The number of rotatable bonds is 24. The number of imidazole rings is 2. The number of carbonyl (C=O) groups excluding carboxylic acids is 2. The predicted octanol–water partition coefficient (Wildman–Crippen LogP) is 12.2. The van der Waals surface area contributed by atoms with Crippen molar-refractivity contribution in [2.24, 2.45) is 0 Å². The number of piperazine rings is 2. The van der Waals surface area contributed by atoms with Crippen molar-refractivity contribution in [3.05, 3.63) is 261 Å². The Morgan fingerprint density at radius 3 is 1.21 bits per heavy atom. The summed E-state index contributed by atoms with van der Waals surface area (Å²) < 4.78 is 107. The van der Waals surface area contributed by atoms with Crippen LogP contribution in [0.4, 0.5) is 29.5 Å². The summed E-state index contributed by atoms with van der Waals surface area (Å²) >= 11 is 0. The van der Waals surface area contributed by atoms with Crippen LogP contribution in [0.3, 0.4) is 0 Å². The maximum absolute atomic E-state index is 16.3. The first-order chi connectivity index (χ1) is 57.2. The average Bonchev–Trinajstić information content (AvgIpc) is 1.67. The van der Waals surface area contributed by atoms with Crippen molar-refractivity contribution in [1.82, 2.24) is 58.8 Å². The number of halogens is 4. The SMILES string of the molecule is COCCn1c(Cc2ccc(-c3cccc(OCc4ccc(C#Cc5cnc(N6CC7CCC(C6)N7C6COC6)nc5)cc4F)n3)cc2F)nc2ccc(C(=O)OC(=O)c3ccc4nc(Cc5ccc(-c6cccc(OCc7ccc(C#Cc8cnc(N9CC%10CCC(C9)N%10C9COC9)nc8)cc7F)n6)cc5F)n(CCOC)c4c3)cc21. The summed E-state index contributed by atoms with van der Waals surface area (Å²) in [5, 5.41) is 0. The number of pyridine rings is 2. The van der Waals surface area contributed by atoms with E-state index in [1.165, 1.54) is 62.1 Å². The summed E-state index contributed by atoms with van der Waals surface area (Å²) in [5.74, 6) is 11.1. The Morgan fingerprint density at radius 2 is 0.829 bits per heavy atom. The Kier molecular flexibility index (Phi) is 21.7. The predicted molar refractivity (Wildman–Crippen MR) is 426 cm³/mol. The van der Waals surface area contributed by atoms with Crippen molar-refractivity contribution < 1.29 is 60.3 Å². The molecule has 0 spiro atoms. The van der Waals surface area contributed by atoms with Crippen molar-refractivity contribution in [3.63, 3.8) is 0 Å². The number of hydrogen-bond donors (Lipinski definition) is 0. The summed E-state index contributed by atoms with van der Waals surface area (Å²) in [5.41, 5.74) is 7.51. The van der Waals surface area contributed by atoms with Crippen LogP contribution in [0.25, 0.3) is 44.6 Å². The second kappa shape index (κ2) is 33.5. The highest BCUT2D eigenvalue weighted by molar-refractivity contribution is 6.05. The second-order valence-corrected chi connectivity index (χ2v) is 30.2. The number of nitrogens with zero attached hydrogens (tertiary/aromatic N) is 14. The van der Waals surface area contributed by atoms with Gasteiger partial charge in [0, 0.05) is 161 Å². The molecule has 6 aliphatic heterocycles. The van der Waals surface area contributed by atoms with Crippen molar-refractivity contribution >= 4 is 45.9 Å². The Hall–Kier alpha value is -12.3. The first-order valence-corrected chi connectivity index (χ1v) is 39.2. The number of benzene rings is 6. The quantitative estimate of drug-likeness (QED) is 0.0237. The van der Waals surface area contributed by atoms with Gasteiger partial charge < -0.3 is 52.1 Å². The highest BCUT2D eigenvalue weighted by atomic mass is 19.1. The van der Waals surface area contributed by atoms with Gasteiger partial charge >= 0.3 is 11.9 Å². The standard InChI is InChI=1S/C90H80F4N14O9/c1-111-31-29-105-81-37-63(21-27-79(81)99-83(105)39-59-17-19-61(35-75(59)93)77-5-3-7-85(101-77)115-49-65-15-13-55(33-73(65)91)9-11-57-41-95-89(96-42-57)103-45-67-23-24-68(46-103)107(67)71-51-113-52-71)87(109)117-88(110)64-22-28-80-82(38-64)106(30-32-112-2)84(100-80)40-60-18-20-62(36-76(60)94)78-6-4-8-86(102-78)116-50-66-16-14-56(34-74(66)92)10-12-58-43-97-90(98-44-58)104-47-69-25-26-70(48-104)108(69)72-53-114-54-72/h3-8,13-22,27-28,33-38,41-44,67-72H,23-26,29-32,39-40,45-54H2,1-2H3. The fourth-order valence-electron chi connectivity index (χ4n) is 16.6. The molecule has 23 nitrogen and oxygen atoms in total. The lowest BCUT2D eigenvalue weighted by atomic mass is 10.1. The van der Waals surface area contributed by atoms with Crippen LogP contribution in [0, 0.1) is 47.0 Å². The van der Waals surface area contributed by atoms with E-state index in [9.17, 15) is 9.59 Å². The molecule has 0 radical (unpaired) electrons. The molecule has 0 saturated carbocycles. The molecule has 6 aromatic heterocycles. The van der Waals surface area contributed by atoms with Crippen LogP contribution in [-0.2, 0) is 62.8 Å². The van der Waals surface area contributed by atoms with Gasteiger partial charge in [0.2, 0.25) is 23.7 Å². The molecule has 4 atom stereocenters. The Morgan fingerprint density at radius 1 is 0.436 bits per heavy atom. The Balaban J connectivity index is 0.480. The minimum Gasteiger partial charge on any atom is -0.473 e. The van der Waals surface area contributed by atoms with Gasteiger partial charge in [-0.05, 0) is 122 Å². The summed E-state index contributed by atoms with van der Waals surface area (Å²) in [4.78, 5) is 75.2. The molecule has 12 aromatic rings. The van der Waals surface area contributed by atoms with Gasteiger partial charge in [-0.15, -0.1) is 0 Å². The summed E-state index contributed by atoms with van der Waals surface area (Å²) in [6.07, 6.45) is 11.7. The van der Waals surface area contributed by atoms with E-state index < -0.39 is 35.2 Å². The second-order valence-electron chi connectivity index (χ2n) is 30.2. The summed E-state index contributed by atoms with van der Waals surface area (Å²) in [6, 6.07) is 41.6. The number of ether oxygens (including phenoxy) is 7. The molecule has 18 rings (SSSR count). The highest BCUT2D eigenvalue weighted by Crippen LogP contribution is 2.38. The largest absolute Gasteiger partial charge is 0.473 e. The molecule has 592 valence electrons. The number of hydrogen-bond acceptors (Lipinski definition) is 21. The molecule has 6 saturated heterocycles. The Bertz CT molecular complexity index is 5520. The van der Waals surface area contributed by atoms with E-state index in [1.807, 2.05) is 9.13 Å². The number of methoxy groups -OCH3 is 2. The van der Waals surface area contributed by atoms with Crippen LogP contribution >= 0.6 is 0 Å². The number of carbonyl (C=O) groups is 2. The number of anilines is 2. The molecular formula is C90H80F4N14O9. The smallest absolute Gasteiger partial charge is 0.346 e. The molecule has 0 N–H and O–H groups in total. The normalized spacial score (nSPS) is 18.0. The minimum absolute atomic E-state index is 0.0649. The highest BCUT2D eigenvalue weighted by Gasteiger charge is 2.47. The lowest BCUT2D eigenvalue weighted by molar-refractivity contribution is -0.0851. The van der Waals surface area contributed by atoms with E-state index in [-0.39, 0.29) is 62.2 Å². The summed E-state index contributed by atoms with van der Waals surface area (Å²) in [6.45, 7) is 7.68. The molecule has 27 heteroatoms. The molecule has 6 aliphatic rings. The van der Waals surface area contributed by atoms with E-state index in [0.29, 0.717) is 162 Å². The minimum atomic E-state index is -0.919. The third-order valence-corrected chi connectivity index (χ3v) is 22.8. The van der Waals surface area contributed by atoms with Gasteiger partial charge in [-0.2, -0.15) is 0 Å². The zero-order valence-electron chi connectivity index (χ0n) is 64.2. The molecular weight excluding hydrogens is 1500 g/mol. The molecule has 6 fully saturated rings. The van der Waals surface area contributed by atoms with Gasteiger partial charge in [0.05, 0.1) is 107 Å². The first kappa shape index (κ1) is 76.0. The van der Waals surface area contributed by atoms with Gasteiger partial charge in [0.1, 0.15) is 48.1 Å². The van der Waals surface area contributed by atoms with Gasteiger partial charge in [0.25, 0.3) is 0 Å². The van der Waals surface area contributed by atoms with Crippen LogP contribution < -0.4 is 19.3 Å². The monoisotopic (exact) mass is 1580 g/mol. The first-order valence-electron chi connectivity index (χ1n) is 39.2. The van der Waals surface area contributed by atoms with Gasteiger partial charge in [0.15, 0.2) is 0 Å². The van der Waals surface area contributed by atoms with Crippen LogP contribution in [-0.4, -0.2) is 187 Å². The molecule has 4 bridgehead atoms. The van der Waals surface area contributed by atoms with E-state index in [0.717, 1.165) is 52.6 Å². The van der Waals surface area contributed by atoms with Crippen molar-refractivity contribution in [2.75, 3.05) is 89.8 Å². The van der Waals surface area contributed by atoms with Gasteiger partial charge in [-0.1, -0.05) is 72.2 Å². The van der Waals surface area contributed by atoms with E-state index in [2.05, 4.69) is 73.2 Å². The van der Waals surface area contributed by atoms with E-state index >= 15 is 17.6 Å². The molecule has 12 heterocycles. The number of aromatic nitrogens is 10. The van der Waals surface area contributed by atoms with Crippen LogP contribution in [0.5, 0.6) is 11.8 Å². The van der Waals surface area contributed by atoms with Crippen molar-refractivity contribution in [1.29, 1.82) is 0 Å². The van der Waals surface area contributed by atoms with Crippen molar-refractivity contribution in [2.45, 2.75) is 101 Å². The molecule has 6 aromatic carbocycles. The maximum atomic E-state index is 16.3. The van der Waals surface area contributed by atoms with E-state index in [4.69, 9.17) is 43.1 Å². The average molecular weight is 1580 g/mol. The van der Waals surface area contributed by atoms with Gasteiger partial charge in [-0.3, -0.25) is 9.80 Å². The fourth-order valence-corrected chi connectivity index (χ4v) is 16.6. The Labute approximate surface area is 671 Å². The van der Waals surface area contributed by atoms with Crippen LogP contribution in [0.2, 0.25) is 0 Å². The molecule has 4 unspecified atom stereocenters. The lowest BCUT2D eigenvalue weighted by Gasteiger charge is -2.47. The topological polar surface area (TPSA) is 225 Å². The zero-order chi connectivity index (χ0) is 79.6. The fraction of sp³-hybridized carbons (Fsp3) is 0.311. The number of fused-ring (bicyclic) bond motifs is 6. The third-order valence-electron chi connectivity index (χ3n) is 22.8. The maximum Gasteiger partial charge on any atom is 0.346 e. The van der Waals surface area contributed by atoms with Crippen molar-refractivity contribution in [3.8, 4) is 58.0 Å². The third kappa shape index (κ3) is 16.4. The number of esters is 2. The molecule has 117 heavy (non-hydrogen) atoms. The summed E-state index contributed by atoms with van der Waals surface area (Å²) in [7, 11) is 3.11. The van der Waals surface area contributed by atoms with Crippen LogP contribution in [0.15, 0.2) is 170 Å². The zero-order valence-corrected chi connectivity index (χ0v) is 64.2. The van der Waals surface area contributed by atoms with Crippen LogP contribution in [0.1, 0.15) is 103 Å². The molecule has 0 amide bonds. The molecule has 0 aliphatic carbocycles. The lowest BCUT2D eigenvalue weighted by Crippen LogP contribution is -2.62. The van der Waals surface area contributed by atoms with Gasteiger partial charge in [-0.25, -0.2) is 67.0 Å². The van der Waals surface area contributed by atoms with E-state index in [1.54, 1.807) is 148 Å².